The van der Waals surface area contributed by atoms with Gasteiger partial charge in [0.1, 0.15) is 11.2 Å². The molecule has 8 fully saturated rings. The summed E-state index contributed by atoms with van der Waals surface area (Å²) in [5, 5.41) is 20.6. The molecule has 0 unspecified atom stereocenters. The van der Waals surface area contributed by atoms with E-state index >= 15 is 0 Å². The summed E-state index contributed by atoms with van der Waals surface area (Å²) in [5.41, 5.74) is -1.54. The van der Waals surface area contributed by atoms with Crippen LogP contribution in [-0.4, -0.2) is 45.3 Å². The quantitative estimate of drug-likeness (QED) is 0.139. The molecule has 0 aromatic heterocycles. The highest BCUT2D eigenvalue weighted by Gasteiger charge is 2.71. The summed E-state index contributed by atoms with van der Waals surface area (Å²) in [5.74, 6) is 0.836. The summed E-state index contributed by atoms with van der Waals surface area (Å²) < 4.78 is 13.0. The molecule has 8 aliphatic carbocycles. The van der Waals surface area contributed by atoms with E-state index in [9.17, 15) is 29.4 Å². The summed E-state index contributed by atoms with van der Waals surface area (Å²) in [6, 6.07) is 0. The average Bonchev–Trinajstić information content (AvgIpc) is 3.47. The molecule has 8 saturated carbocycles. The minimum absolute atomic E-state index is 0.0444. The van der Waals surface area contributed by atoms with Gasteiger partial charge >= 0.3 is 23.9 Å². The second kappa shape index (κ2) is 14.8. The number of carbonyl (C=O) groups excluding carboxylic acids is 2. The molecular weight excluding hydrogens is 729 g/mol. The van der Waals surface area contributed by atoms with E-state index in [-0.39, 0.29) is 56.6 Å². The number of rotatable bonds is 13. The lowest BCUT2D eigenvalue weighted by molar-refractivity contribution is -0.194. The molecule has 8 heteroatoms. The summed E-state index contributed by atoms with van der Waals surface area (Å²) >= 11 is 0. The molecule has 0 heterocycles. The van der Waals surface area contributed by atoms with E-state index in [2.05, 4.69) is 27.7 Å². The Morgan fingerprint density at radius 2 is 0.862 bits per heavy atom. The Morgan fingerprint density at radius 3 is 1.24 bits per heavy atom. The maximum atomic E-state index is 13.3. The molecule has 0 radical (unpaired) electrons. The normalized spacial score (nSPS) is 48.8. The van der Waals surface area contributed by atoms with Crippen molar-refractivity contribution in [2.75, 3.05) is 0 Å². The van der Waals surface area contributed by atoms with Crippen LogP contribution in [0.1, 0.15) is 208 Å². The first-order chi connectivity index (χ1) is 27.3. The van der Waals surface area contributed by atoms with Crippen LogP contribution in [0.15, 0.2) is 0 Å². The molecule has 4 bridgehead atoms. The monoisotopic (exact) mass is 807 g/mol. The van der Waals surface area contributed by atoms with Gasteiger partial charge < -0.3 is 19.7 Å². The van der Waals surface area contributed by atoms with Gasteiger partial charge in [-0.2, -0.15) is 0 Å². The second-order valence-electron chi connectivity index (χ2n) is 23.5. The van der Waals surface area contributed by atoms with Crippen molar-refractivity contribution in [1.82, 2.24) is 0 Å². The highest BCUT2D eigenvalue weighted by Crippen LogP contribution is 2.75. The third-order valence-electron chi connectivity index (χ3n) is 20.7. The van der Waals surface area contributed by atoms with Gasteiger partial charge in [-0.3, -0.25) is 19.2 Å². The number of fused-ring (bicyclic) bond motifs is 6. The van der Waals surface area contributed by atoms with Crippen molar-refractivity contribution in [2.24, 2.45) is 68.0 Å². The summed E-state index contributed by atoms with van der Waals surface area (Å²) in [7, 11) is 0. The molecule has 8 rings (SSSR count). The zero-order valence-corrected chi connectivity index (χ0v) is 37.2. The van der Waals surface area contributed by atoms with Crippen LogP contribution in [0.25, 0.3) is 0 Å². The largest absolute Gasteiger partial charge is 0.481 e. The highest BCUT2D eigenvalue weighted by atomic mass is 16.6. The third-order valence-corrected chi connectivity index (χ3v) is 20.7. The van der Waals surface area contributed by atoms with E-state index in [4.69, 9.17) is 9.47 Å². The molecule has 8 nitrogen and oxygen atoms in total. The van der Waals surface area contributed by atoms with Gasteiger partial charge in [0.05, 0.1) is 10.8 Å². The number of hydrogen-bond donors (Lipinski definition) is 2. The number of carboxylic acid groups (broad SMARTS) is 2. The topological polar surface area (TPSA) is 127 Å². The zero-order valence-electron chi connectivity index (χ0n) is 37.2. The number of esters is 2. The molecule has 0 aliphatic heterocycles. The number of unbranched alkanes of at least 4 members (excludes halogenated alkanes) is 5. The van der Waals surface area contributed by atoms with Crippen LogP contribution in [-0.2, 0) is 28.7 Å². The van der Waals surface area contributed by atoms with E-state index in [1.807, 2.05) is 13.8 Å². The Labute approximate surface area is 349 Å². The SMILES string of the molecule is C[C@@H]1C[C@]23CC[C@@H]4[C@](C)(CCC[C@]4(C)C(=O)O)[C@H]2CC[C@@]1(OC(=O)CCCCCCCCC(=O)O[C@]12CC[C@@H]4[C@](CC[C@H]5[C@@]4(C)CCC[C@@]5(C)C(=O)O)(C[C@@H]1C)C2)C3. The van der Waals surface area contributed by atoms with Crippen molar-refractivity contribution >= 4 is 23.9 Å². The number of ether oxygens (including phenoxy) is 2. The van der Waals surface area contributed by atoms with Gasteiger partial charge in [-0.15, -0.1) is 0 Å². The van der Waals surface area contributed by atoms with Crippen LogP contribution in [0.4, 0.5) is 0 Å². The van der Waals surface area contributed by atoms with Crippen LogP contribution in [0.5, 0.6) is 0 Å². The summed E-state index contributed by atoms with van der Waals surface area (Å²) in [4.78, 5) is 51.7. The predicted molar refractivity (Wildman–Crippen MR) is 223 cm³/mol. The van der Waals surface area contributed by atoms with Crippen molar-refractivity contribution in [3.63, 3.8) is 0 Å². The van der Waals surface area contributed by atoms with Gasteiger partial charge in [0.15, 0.2) is 0 Å². The minimum atomic E-state index is -0.630. The number of carboxylic acids is 2. The first-order valence-electron chi connectivity index (χ1n) is 24.2. The lowest BCUT2D eigenvalue weighted by Gasteiger charge is -2.63. The first kappa shape index (κ1) is 42.6. The fraction of sp³-hybridized carbons (Fsp3) is 0.920. The zero-order chi connectivity index (χ0) is 41.6. The third kappa shape index (κ3) is 6.45. The maximum Gasteiger partial charge on any atom is 0.309 e. The highest BCUT2D eigenvalue weighted by molar-refractivity contribution is 5.75. The van der Waals surface area contributed by atoms with E-state index < -0.39 is 22.8 Å². The lowest BCUT2D eigenvalue weighted by Crippen LogP contribution is -2.59. The Morgan fingerprint density at radius 1 is 0.500 bits per heavy atom. The van der Waals surface area contributed by atoms with Crippen LogP contribution < -0.4 is 0 Å². The van der Waals surface area contributed by atoms with Crippen molar-refractivity contribution in [1.29, 1.82) is 0 Å². The maximum absolute atomic E-state index is 13.3. The van der Waals surface area contributed by atoms with Crippen molar-refractivity contribution in [3.05, 3.63) is 0 Å². The number of aliphatic carboxylic acids is 2. The molecule has 58 heavy (non-hydrogen) atoms. The standard InChI is InChI=1S/C50H78O8/c1-33-29-47-25-17-35-43(3,21-13-23-45(35,5)41(53)54)37(47)19-27-49(33,31-47)57-39(51)15-11-9-7-8-10-12-16-40(52)58-50-28-20-38-44(4)22-14-24-46(6,42(55)56)36(44)18-26-48(38,32-50)30-34(50)2/h33-38H,7-32H2,1-6H3,(H,53,54)(H,55,56)/t33-,34+,35-,36+,37-,38+,43+,44-,45+,46-,47+,48-,49-,50+. The molecule has 0 aromatic carbocycles. The molecular formula is C50H78O8. The van der Waals surface area contributed by atoms with Crippen molar-refractivity contribution < 1.29 is 38.9 Å². The van der Waals surface area contributed by atoms with Crippen LogP contribution >= 0.6 is 0 Å². The van der Waals surface area contributed by atoms with E-state index in [0.29, 0.717) is 36.5 Å². The fourth-order valence-corrected chi connectivity index (χ4v) is 18.2. The summed E-state index contributed by atoms with van der Waals surface area (Å²) in [6.07, 6.45) is 24.6. The second-order valence-corrected chi connectivity index (χ2v) is 23.5. The van der Waals surface area contributed by atoms with Gasteiger partial charge in [-0.05, 0) is 187 Å². The fourth-order valence-electron chi connectivity index (χ4n) is 18.2. The van der Waals surface area contributed by atoms with Gasteiger partial charge in [-0.1, -0.05) is 66.2 Å². The van der Waals surface area contributed by atoms with Gasteiger partial charge in [-0.25, -0.2) is 0 Å². The number of carbonyl (C=O) groups is 4. The van der Waals surface area contributed by atoms with E-state index in [1.54, 1.807) is 0 Å². The molecule has 326 valence electrons. The van der Waals surface area contributed by atoms with E-state index in [1.165, 1.54) is 0 Å². The van der Waals surface area contributed by atoms with Crippen LogP contribution in [0.3, 0.4) is 0 Å². The van der Waals surface area contributed by atoms with Gasteiger partial charge in [0.25, 0.3) is 0 Å². The molecule has 8 aliphatic rings. The Hall–Kier alpha value is -2.12. The Bertz CT molecular complexity index is 1520. The van der Waals surface area contributed by atoms with Gasteiger partial charge in [0, 0.05) is 12.8 Å². The Balaban J connectivity index is 0.748. The Kier molecular flexibility index (Phi) is 10.8. The molecule has 2 N–H and O–H groups in total. The molecule has 0 saturated heterocycles. The molecule has 2 spiro atoms. The smallest absolute Gasteiger partial charge is 0.309 e. The van der Waals surface area contributed by atoms with Crippen molar-refractivity contribution in [2.45, 2.75) is 220 Å². The first-order valence-corrected chi connectivity index (χ1v) is 24.2. The van der Waals surface area contributed by atoms with Crippen LogP contribution in [0.2, 0.25) is 0 Å². The van der Waals surface area contributed by atoms with Crippen LogP contribution in [0, 0.1) is 68.0 Å². The lowest BCUT2D eigenvalue weighted by atomic mass is 9.41. The molecule has 0 aromatic rings. The van der Waals surface area contributed by atoms with Gasteiger partial charge in [0.2, 0.25) is 0 Å². The average molecular weight is 807 g/mol. The van der Waals surface area contributed by atoms with E-state index in [0.717, 1.165) is 154 Å². The predicted octanol–water partition coefficient (Wildman–Crippen LogP) is 11.7. The molecule has 14 atom stereocenters. The van der Waals surface area contributed by atoms with Crippen molar-refractivity contribution in [3.8, 4) is 0 Å². The minimum Gasteiger partial charge on any atom is -0.481 e. The number of hydrogen-bond acceptors (Lipinski definition) is 6. The summed E-state index contributed by atoms with van der Waals surface area (Å²) in [6.45, 7) is 13.4. The molecule has 0 amide bonds.